The predicted octanol–water partition coefficient (Wildman–Crippen LogP) is 2.35. The largest absolute Gasteiger partial charge is 0.310 e. The lowest BCUT2D eigenvalue weighted by Crippen LogP contribution is -2.51. The molecule has 2 fully saturated rings. The third kappa shape index (κ3) is 3.14. The van der Waals surface area contributed by atoms with Crippen molar-refractivity contribution in [1.29, 1.82) is 0 Å². The molecule has 0 aromatic heterocycles. The zero-order valence-electron chi connectivity index (χ0n) is 10.8. The van der Waals surface area contributed by atoms with Gasteiger partial charge < -0.3 is 5.32 Å². The van der Waals surface area contributed by atoms with Gasteiger partial charge in [0, 0.05) is 23.9 Å². The maximum atomic E-state index is 3.73. The van der Waals surface area contributed by atoms with Crippen molar-refractivity contribution in [3.63, 3.8) is 0 Å². The van der Waals surface area contributed by atoms with Crippen molar-refractivity contribution in [1.82, 2.24) is 10.2 Å². The molecular weight excluding hydrogens is 216 g/mol. The minimum atomic E-state index is 0.346. The predicted molar refractivity (Wildman–Crippen MR) is 73.2 cm³/mol. The molecule has 2 aliphatic heterocycles. The van der Waals surface area contributed by atoms with Gasteiger partial charge in [-0.1, -0.05) is 6.92 Å². The maximum absolute atomic E-state index is 3.73. The monoisotopic (exact) mass is 242 g/mol. The van der Waals surface area contributed by atoms with Crippen LogP contribution in [0.4, 0.5) is 0 Å². The standard InChI is InChI=1S/C13H26N2S/c1-3-13(2)11-15(8-5-7-14-13)12-6-4-9-16-10-12/h12,14H,3-11H2,1-2H3. The molecule has 0 aromatic rings. The second kappa shape index (κ2) is 5.74. The first kappa shape index (κ1) is 12.7. The first-order chi connectivity index (χ1) is 7.73. The summed E-state index contributed by atoms with van der Waals surface area (Å²) in [4.78, 5) is 2.76. The number of rotatable bonds is 2. The minimum absolute atomic E-state index is 0.346. The molecule has 3 heteroatoms. The zero-order chi connectivity index (χ0) is 11.4. The maximum Gasteiger partial charge on any atom is 0.0277 e. The summed E-state index contributed by atoms with van der Waals surface area (Å²) in [6.07, 6.45) is 5.40. The molecule has 0 bridgehead atoms. The van der Waals surface area contributed by atoms with Gasteiger partial charge in [-0.25, -0.2) is 0 Å². The van der Waals surface area contributed by atoms with E-state index in [0.717, 1.165) is 6.04 Å². The fraction of sp³-hybridized carbons (Fsp3) is 1.00. The number of nitrogens with zero attached hydrogens (tertiary/aromatic N) is 1. The van der Waals surface area contributed by atoms with Gasteiger partial charge in [-0.2, -0.15) is 11.8 Å². The van der Waals surface area contributed by atoms with E-state index in [1.807, 2.05) is 0 Å². The summed E-state index contributed by atoms with van der Waals surface area (Å²) in [7, 11) is 0. The SMILES string of the molecule is CCC1(C)CN(C2CCCSC2)CCCN1. The van der Waals surface area contributed by atoms with Crippen molar-refractivity contribution in [2.24, 2.45) is 0 Å². The van der Waals surface area contributed by atoms with E-state index in [9.17, 15) is 0 Å². The smallest absolute Gasteiger partial charge is 0.0277 e. The molecule has 0 saturated carbocycles. The van der Waals surface area contributed by atoms with Crippen LogP contribution in [0.3, 0.4) is 0 Å². The first-order valence-corrected chi connectivity index (χ1v) is 7.96. The average Bonchev–Trinajstić information content (AvgIpc) is 2.53. The van der Waals surface area contributed by atoms with Crippen molar-refractivity contribution in [2.75, 3.05) is 31.1 Å². The van der Waals surface area contributed by atoms with Crippen LogP contribution in [0.5, 0.6) is 0 Å². The van der Waals surface area contributed by atoms with Gasteiger partial charge in [0.25, 0.3) is 0 Å². The topological polar surface area (TPSA) is 15.3 Å². The molecule has 0 amide bonds. The van der Waals surface area contributed by atoms with Gasteiger partial charge in [0.2, 0.25) is 0 Å². The van der Waals surface area contributed by atoms with Gasteiger partial charge in [-0.05, 0) is 51.4 Å². The summed E-state index contributed by atoms with van der Waals surface area (Å²) in [5.74, 6) is 2.74. The molecule has 0 aliphatic carbocycles. The highest BCUT2D eigenvalue weighted by Crippen LogP contribution is 2.25. The van der Waals surface area contributed by atoms with Crippen LogP contribution in [0.1, 0.15) is 39.5 Å². The number of nitrogens with one attached hydrogen (secondary N) is 1. The molecule has 2 unspecified atom stereocenters. The third-order valence-corrected chi connectivity index (χ3v) is 5.36. The Balaban J connectivity index is 1.96. The van der Waals surface area contributed by atoms with Crippen LogP contribution in [0, 0.1) is 0 Å². The van der Waals surface area contributed by atoms with Crippen LogP contribution in [-0.2, 0) is 0 Å². The van der Waals surface area contributed by atoms with Gasteiger partial charge in [0.1, 0.15) is 0 Å². The van der Waals surface area contributed by atoms with Crippen molar-refractivity contribution < 1.29 is 0 Å². The molecular formula is C13H26N2S. The summed E-state index contributed by atoms with van der Waals surface area (Å²) in [6.45, 7) is 8.44. The van der Waals surface area contributed by atoms with Crippen LogP contribution in [0.25, 0.3) is 0 Å². The normalized spacial score (nSPS) is 38.2. The summed E-state index contributed by atoms with van der Waals surface area (Å²) in [6, 6.07) is 0.851. The molecule has 16 heavy (non-hydrogen) atoms. The van der Waals surface area contributed by atoms with Crippen molar-refractivity contribution in [2.45, 2.75) is 51.1 Å². The molecule has 0 spiro atoms. The van der Waals surface area contributed by atoms with E-state index < -0.39 is 0 Å². The van der Waals surface area contributed by atoms with Crippen LogP contribution in [0.15, 0.2) is 0 Å². The molecule has 2 heterocycles. The van der Waals surface area contributed by atoms with E-state index in [2.05, 4.69) is 35.8 Å². The molecule has 1 N–H and O–H groups in total. The van der Waals surface area contributed by atoms with Gasteiger partial charge in [-0.15, -0.1) is 0 Å². The van der Waals surface area contributed by atoms with Crippen molar-refractivity contribution >= 4 is 11.8 Å². The van der Waals surface area contributed by atoms with Crippen LogP contribution in [-0.4, -0.2) is 47.6 Å². The third-order valence-electron chi connectivity index (χ3n) is 4.16. The van der Waals surface area contributed by atoms with Crippen LogP contribution in [0.2, 0.25) is 0 Å². The number of hydrogen-bond acceptors (Lipinski definition) is 3. The lowest BCUT2D eigenvalue weighted by atomic mass is 9.97. The Kier molecular flexibility index (Phi) is 4.57. The molecule has 94 valence electrons. The van der Waals surface area contributed by atoms with E-state index >= 15 is 0 Å². The van der Waals surface area contributed by atoms with Gasteiger partial charge in [0.05, 0.1) is 0 Å². The zero-order valence-corrected chi connectivity index (χ0v) is 11.6. The molecule has 2 rings (SSSR count). The van der Waals surface area contributed by atoms with E-state index in [0.29, 0.717) is 5.54 Å². The molecule has 2 aliphatic rings. The number of hydrogen-bond donors (Lipinski definition) is 1. The fourth-order valence-corrected chi connectivity index (χ4v) is 4.00. The second-order valence-electron chi connectivity index (χ2n) is 5.54. The van der Waals surface area contributed by atoms with Gasteiger partial charge in [-0.3, -0.25) is 4.90 Å². The lowest BCUT2D eigenvalue weighted by Gasteiger charge is -2.38. The molecule has 2 nitrogen and oxygen atoms in total. The molecule has 2 saturated heterocycles. The van der Waals surface area contributed by atoms with E-state index in [-0.39, 0.29) is 0 Å². The Hall–Kier alpha value is 0.270. The van der Waals surface area contributed by atoms with Crippen LogP contribution < -0.4 is 5.32 Å². The summed E-state index contributed by atoms with van der Waals surface area (Å²) in [5.41, 5.74) is 0.346. The van der Waals surface area contributed by atoms with E-state index in [4.69, 9.17) is 0 Å². The fourth-order valence-electron chi connectivity index (χ4n) is 2.82. The van der Waals surface area contributed by atoms with Crippen LogP contribution >= 0.6 is 11.8 Å². The Morgan fingerprint density at radius 1 is 1.44 bits per heavy atom. The van der Waals surface area contributed by atoms with Gasteiger partial charge >= 0.3 is 0 Å². The Morgan fingerprint density at radius 2 is 2.31 bits per heavy atom. The highest BCUT2D eigenvalue weighted by molar-refractivity contribution is 7.99. The number of thioether (sulfide) groups is 1. The van der Waals surface area contributed by atoms with E-state index in [1.54, 1.807) is 0 Å². The highest BCUT2D eigenvalue weighted by Gasteiger charge is 2.31. The highest BCUT2D eigenvalue weighted by atomic mass is 32.2. The second-order valence-corrected chi connectivity index (χ2v) is 6.69. The lowest BCUT2D eigenvalue weighted by molar-refractivity contribution is 0.163. The Labute approximate surface area is 105 Å². The quantitative estimate of drug-likeness (QED) is 0.800. The Morgan fingerprint density at radius 3 is 3.00 bits per heavy atom. The van der Waals surface area contributed by atoms with E-state index in [1.165, 1.54) is 56.8 Å². The van der Waals surface area contributed by atoms with Gasteiger partial charge in [0.15, 0.2) is 0 Å². The molecule has 0 aromatic carbocycles. The minimum Gasteiger partial charge on any atom is -0.310 e. The summed E-state index contributed by atoms with van der Waals surface area (Å²) in [5, 5.41) is 3.73. The molecule has 0 radical (unpaired) electrons. The first-order valence-electron chi connectivity index (χ1n) is 6.80. The van der Waals surface area contributed by atoms with Crippen molar-refractivity contribution in [3.05, 3.63) is 0 Å². The summed E-state index contributed by atoms with van der Waals surface area (Å²) >= 11 is 2.15. The summed E-state index contributed by atoms with van der Waals surface area (Å²) < 4.78 is 0. The Bertz CT molecular complexity index is 216. The molecule has 2 atom stereocenters. The average molecular weight is 242 g/mol. The van der Waals surface area contributed by atoms with Crippen molar-refractivity contribution in [3.8, 4) is 0 Å².